The topological polar surface area (TPSA) is 347 Å². The molecule has 47 heavy (non-hydrogen) atoms. The highest BCUT2D eigenvalue weighted by molar-refractivity contribution is 5.95. The molecule has 21 nitrogen and oxygen atoms in total. The molecule has 3 fully saturated rings. The van der Waals surface area contributed by atoms with Gasteiger partial charge in [-0.05, 0) is 12.8 Å². The van der Waals surface area contributed by atoms with Gasteiger partial charge in [-0.3, -0.25) is 33.8 Å². The maximum atomic E-state index is 13.1. The zero-order valence-electron chi connectivity index (χ0n) is 25.2. The third kappa shape index (κ3) is 11.0. The van der Waals surface area contributed by atoms with Crippen molar-refractivity contribution in [2.24, 2.45) is 16.5 Å². The number of carboxylic acid groups (broad SMARTS) is 1. The van der Waals surface area contributed by atoms with Gasteiger partial charge in [-0.2, -0.15) is 0 Å². The Morgan fingerprint density at radius 1 is 0.723 bits per heavy atom. The fraction of sp³-hybridized carbons (Fsp3) is 0.731. The first-order chi connectivity index (χ1) is 22.2. The minimum atomic E-state index is -1.69. The predicted molar refractivity (Wildman–Crippen MR) is 156 cm³/mol. The van der Waals surface area contributed by atoms with Crippen LogP contribution in [0.1, 0.15) is 32.1 Å². The first kappa shape index (κ1) is 37.3. The number of hydrogen-bond donors (Lipinski definition) is 12. The van der Waals surface area contributed by atoms with Gasteiger partial charge in [0.15, 0.2) is 5.96 Å². The van der Waals surface area contributed by atoms with Crippen molar-refractivity contribution >= 4 is 41.5 Å². The van der Waals surface area contributed by atoms with Crippen LogP contribution >= 0.6 is 0 Å². The Morgan fingerprint density at radius 2 is 1.26 bits per heavy atom. The number of guanidine groups is 1. The zero-order valence-corrected chi connectivity index (χ0v) is 25.2. The highest BCUT2D eigenvalue weighted by Crippen LogP contribution is 2.25. The van der Waals surface area contributed by atoms with Crippen LogP contribution in [0.2, 0.25) is 0 Å². The number of carbonyl (C=O) groups excluding carboxylic acids is 5. The van der Waals surface area contributed by atoms with E-state index in [0.29, 0.717) is 0 Å². The van der Waals surface area contributed by atoms with E-state index in [1.165, 1.54) is 0 Å². The molecule has 264 valence electrons. The van der Waals surface area contributed by atoms with Crippen molar-refractivity contribution in [1.82, 2.24) is 26.6 Å². The summed E-state index contributed by atoms with van der Waals surface area (Å²) in [6, 6.07) is -3.02. The Kier molecular flexibility index (Phi) is 13.6. The molecule has 0 aromatic heterocycles. The minimum absolute atomic E-state index is 0.0615. The number of aliphatic hydroxyl groups excluding tert-OH is 4. The van der Waals surface area contributed by atoms with Crippen molar-refractivity contribution in [3.8, 4) is 0 Å². The molecule has 4 bridgehead atoms. The second-order valence-corrected chi connectivity index (χ2v) is 11.4. The fourth-order valence-electron chi connectivity index (χ4n) is 5.23. The summed E-state index contributed by atoms with van der Waals surface area (Å²) in [6.07, 6.45) is -12.7. The van der Waals surface area contributed by atoms with Gasteiger partial charge < -0.3 is 73.1 Å². The van der Waals surface area contributed by atoms with E-state index in [2.05, 4.69) is 31.6 Å². The van der Waals surface area contributed by atoms with Gasteiger partial charge in [0.1, 0.15) is 48.7 Å². The first-order valence-electron chi connectivity index (χ1n) is 14.9. The molecule has 0 spiro atoms. The third-order valence-electron chi connectivity index (χ3n) is 7.73. The maximum Gasteiger partial charge on any atom is 0.305 e. The van der Waals surface area contributed by atoms with Gasteiger partial charge in [0.2, 0.25) is 29.5 Å². The number of rotatable bonds is 6. The summed E-state index contributed by atoms with van der Waals surface area (Å²) >= 11 is 0. The fourth-order valence-corrected chi connectivity index (χ4v) is 5.23. The van der Waals surface area contributed by atoms with Gasteiger partial charge >= 0.3 is 5.97 Å². The molecule has 0 radical (unpaired) electrons. The molecule has 3 aliphatic heterocycles. The third-order valence-corrected chi connectivity index (χ3v) is 7.73. The Morgan fingerprint density at radius 3 is 1.81 bits per heavy atom. The number of aliphatic carboxylic acids is 1. The lowest BCUT2D eigenvalue weighted by atomic mass is 10.0. The summed E-state index contributed by atoms with van der Waals surface area (Å²) in [6.45, 7) is -1.16. The SMILES string of the molecule is NC(N)=NCCC[C@@H]1NC(=O)C(CC(=O)O)NC(=O)C[C@@H]2O[C@H](CNC(=O)C[C@@H]3O[C@H](CNC(=O)CNC1=O)[C@@H](O)[C@H]3O)[C@@H](O)[C@H]2O. The van der Waals surface area contributed by atoms with Gasteiger partial charge in [0.25, 0.3) is 0 Å². The number of hydrogen-bond acceptors (Lipinski definition) is 13. The van der Waals surface area contributed by atoms with Crippen LogP contribution in [0.3, 0.4) is 0 Å². The molecule has 3 saturated heterocycles. The molecule has 21 heteroatoms. The summed E-state index contributed by atoms with van der Waals surface area (Å²) in [5, 5.41) is 62.8. The molecule has 0 aromatic rings. The van der Waals surface area contributed by atoms with Crippen LogP contribution in [0.5, 0.6) is 0 Å². The van der Waals surface area contributed by atoms with Crippen LogP contribution in [-0.4, -0.2) is 154 Å². The second-order valence-electron chi connectivity index (χ2n) is 11.4. The normalized spacial score (nSPS) is 34.7. The summed E-state index contributed by atoms with van der Waals surface area (Å²) in [7, 11) is 0. The number of nitrogens with zero attached hydrogens (tertiary/aromatic N) is 1. The Labute approximate surface area is 267 Å². The van der Waals surface area contributed by atoms with Gasteiger partial charge in [0.05, 0.1) is 38.0 Å². The van der Waals surface area contributed by atoms with Crippen LogP contribution in [0.4, 0.5) is 0 Å². The molecule has 3 aliphatic rings. The van der Waals surface area contributed by atoms with Crippen molar-refractivity contribution in [1.29, 1.82) is 0 Å². The highest BCUT2D eigenvalue weighted by Gasteiger charge is 2.45. The molecule has 3 heterocycles. The lowest BCUT2D eigenvalue weighted by Crippen LogP contribution is -2.55. The van der Waals surface area contributed by atoms with Crippen molar-refractivity contribution < 1.29 is 63.8 Å². The molecule has 10 atom stereocenters. The summed E-state index contributed by atoms with van der Waals surface area (Å²) < 4.78 is 11.1. The molecule has 0 saturated carbocycles. The van der Waals surface area contributed by atoms with E-state index in [4.69, 9.17) is 20.9 Å². The first-order valence-corrected chi connectivity index (χ1v) is 14.9. The van der Waals surface area contributed by atoms with E-state index >= 15 is 0 Å². The van der Waals surface area contributed by atoms with Crippen molar-refractivity contribution in [3.05, 3.63) is 0 Å². The molecule has 14 N–H and O–H groups in total. The zero-order chi connectivity index (χ0) is 34.8. The van der Waals surface area contributed by atoms with E-state index in [1.54, 1.807) is 0 Å². The number of ether oxygens (including phenoxy) is 2. The summed E-state index contributed by atoms with van der Waals surface area (Å²) in [4.78, 5) is 79.3. The van der Waals surface area contributed by atoms with Crippen LogP contribution in [-0.2, 0) is 38.2 Å². The van der Waals surface area contributed by atoms with Crippen molar-refractivity contribution in [2.75, 3.05) is 26.2 Å². The number of nitrogens with two attached hydrogens (primary N) is 2. The average molecular weight is 675 g/mol. The number of fused-ring (bicyclic) bond motifs is 4. The van der Waals surface area contributed by atoms with Crippen molar-refractivity contribution in [2.45, 2.75) is 93.0 Å². The molecule has 0 aromatic carbocycles. The van der Waals surface area contributed by atoms with Gasteiger partial charge in [0, 0.05) is 19.6 Å². The van der Waals surface area contributed by atoms with E-state index in [-0.39, 0.29) is 38.4 Å². The Bertz CT molecular complexity index is 1200. The second kappa shape index (κ2) is 17.1. The van der Waals surface area contributed by atoms with Crippen molar-refractivity contribution in [3.63, 3.8) is 0 Å². The lowest BCUT2D eigenvalue weighted by molar-refractivity contribution is -0.141. The predicted octanol–water partition coefficient (Wildman–Crippen LogP) is -7.39. The van der Waals surface area contributed by atoms with Crippen LogP contribution < -0.4 is 38.1 Å². The maximum absolute atomic E-state index is 13.1. The summed E-state index contributed by atoms with van der Waals surface area (Å²) in [5.41, 5.74) is 10.6. The number of carbonyl (C=O) groups is 6. The smallest absolute Gasteiger partial charge is 0.305 e. The van der Waals surface area contributed by atoms with Gasteiger partial charge in [-0.15, -0.1) is 0 Å². The van der Waals surface area contributed by atoms with E-state index < -0.39 is 122 Å². The highest BCUT2D eigenvalue weighted by atomic mass is 16.5. The van der Waals surface area contributed by atoms with Gasteiger partial charge in [-0.1, -0.05) is 0 Å². The molecule has 3 rings (SSSR count). The molecule has 5 amide bonds. The summed E-state index contributed by atoms with van der Waals surface area (Å²) in [5.74, 6) is -5.93. The standard InChI is InChI=1S/C26H42N8O13/c27-26(28)29-3-1-2-10-24(44)32-9-18(37)31-8-15-23(43)20(40)12(46-15)5-16(35)30-7-14-22(42)21(41)13(47-14)6-17(36)33-11(4-19(38)39)25(45)34-10/h10-15,20-23,40-43H,1-9H2,(H,30,35)(H,31,37)(H,32,44)(H,33,36)(H,34,45)(H,38,39)(H4,27,28,29)/t10-,11?,12-,13-,14+,15+,20-,21-,22+,23+/m0/s1. The average Bonchev–Trinajstić information content (AvgIpc) is 3.42. The van der Waals surface area contributed by atoms with Crippen LogP contribution in [0.15, 0.2) is 4.99 Å². The van der Waals surface area contributed by atoms with Gasteiger partial charge in [-0.25, -0.2) is 0 Å². The lowest BCUT2D eigenvalue weighted by Gasteiger charge is -2.23. The Hall–Kier alpha value is -4.15. The number of aliphatic hydroxyl groups is 4. The van der Waals surface area contributed by atoms with Crippen LogP contribution in [0.25, 0.3) is 0 Å². The number of nitrogens with one attached hydrogen (secondary N) is 5. The Balaban J connectivity index is 1.81. The largest absolute Gasteiger partial charge is 0.481 e. The van der Waals surface area contributed by atoms with E-state index in [9.17, 15) is 54.3 Å². The number of carboxylic acids is 1. The molecule has 1 unspecified atom stereocenters. The minimum Gasteiger partial charge on any atom is -0.481 e. The van der Waals surface area contributed by atoms with Crippen LogP contribution in [0, 0.1) is 0 Å². The molecule has 0 aliphatic carbocycles. The molecular weight excluding hydrogens is 632 g/mol. The number of aliphatic imine (C=N–C) groups is 1. The number of amides is 5. The van der Waals surface area contributed by atoms with E-state index in [0.717, 1.165) is 0 Å². The van der Waals surface area contributed by atoms with E-state index in [1.807, 2.05) is 0 Å². The quantitative estimate of drug-likeness (QED) is 0.0707. The monoisotopic (exact) mass is 674 g/mol. The molecular formula is C26H42N8O13.